The van der Waals surface area contributed by atoms with E-state index in [1.54, 1.807) is 13.0 Å². The molecule has 2 aromatic heterocycles. The normalized spacial score (nSPS) is 16.3. The lowest BCUT2D eigenvalue weighted by atomic mass is 9.92. The van der Waals surface area contributed by atoms with Crippen molar-refractivity contribution >= 4 is 5.91 Å². The molecule has 6 nitrogen and oxygen atoms in total. The quantitative estimate of drug-likeness (QED) is 0.795. The maximum Gasteiger partial charge on any atom is 0.290 e. The summed E-state index contributed by atoms with van der Waals surface area (Å²) in [6.45, 7) is 1.79. The van der Waals surface area contributed by atoms with Gasteiger partial charge in [0.25, 0.3) is 5.91 Å². The first kappa shape index (κ1) is 15.5. The summed E-state index contributed by atoms with van der Waals surface area (Å²) in [4.78, 5) is 21.6. The van der Waals surface area contributed by atoms with Crippen molar-refractivity contribution in [1.29, 1.82) is 0 Å². The molecule has 0 saturated carbocycles. The Kier molecular flexibility index (Phi) is 4.01. The molecule has 1 aliphatic rings. The van der Waals surface area contributed by atoms with Crippen LogP contribution in [-0.2, 0) is 6.42 Å². The highest BCUT2D eigenvalue weighted by molar-refractivity contribution is 5.91. The molecule has 1 unspecified atom stereocenters. The van der Waals surface area contributed by atoms with E-state index in [0.29, 0.717) is 5.69 Å². The Labute approximate surface area is 145 Å². The number of carbonyl (C=O) groups is 1. The molecule has 4 rings (SSSR count). The fraction of sp³-hybridized carbons (Fsp3) is 0.263. The molecule has 0 aliphatic heterocycles. The molecule has 0 spiro atoms. The van der Waals surface area contributed by atoms with Crippen LogP contribution in [0.3, 0.4) is 0 Å². The van der Waals surface area contributed by atoms with Crippen LogP contribution in [-0.4, -0.2) is 21.0 Å². The Morgan fingerprint density at radius 1 is 1.28 bits per heavy atom. The van der Waals surface area contributed by atoms with Crippen LogP contribution in [0.15, 0.2) is 47.1 Å². The van der Waals surface area contributed by atoms with Gasteiger partial charge in [-0.05, 0) is 26.2 Å². The van der Waals surface area contributed by atoms with Crippen LogP contribution in [0.2, 0.25) is 0 Å². The van der Waals surface area contributed by atoms with E-state index in [9.17, 15) is 4.79 Å². The SMILES string of the molecule is Cc1cc(C(=O)NC2CCCc3nc(-c4ccccc4)ncc32)on1. The van der Waals surface area contributed by atoms with Gasteiger partial charge in [0.1, 0.15) is 0 Å². The van der Waals surface area contributed by atoms with Gasteiger partial charge in [-0.25, -0.2) is 9.97 Å². The van der Waals surface area contributed by atoms with Crippen molar-refractivity contribution in [2.75, 3.05) is 0 Å². The maximum atomic E-state index is 12.3. The highest BCUT2D eigenvalue weighted by atomic mass is 16.5. The summed E-state index contributed by atoms with van der Waals surface area (Å²) >= 11 is 0. The highest BCUT2D eigenvalue weighted by Gasteiger charge is 2.25. The minimum atomic E-state index is -0.259. The zero-order valence-electron chi connectivity index (χ0n) is 13.9. The lowest BCUT2D eigenvalue weighted by Crippen LogP contribution is -2.31. The number of fused-ring (bicyclic) bond motifs is 1. The van der Waals surface area contributed by atoms with Gasteiger partial charge in [-0.2, -0.15) is 0 Å². The van der Waals surface area contributed by atoms with Gasteiger partial charge in [0.15, 0.2) is 5.82 Å². The van der Waals surface area contributed by atoms with Crippen molar-refractivity contribution in [2.45, 2.75) is 32.2 Å². The van der Waals surface area contributed by atoms with E-state index in [0.717, 1.165) is 41.9 Å². The third-order valence-corrected chi connectivity index (χ3v) is 4.37. The van der Waals surface area contributed by atoms with Crippen LogP contribution in [0.5, 0.6) is 0 Å². The number of benzene rings is 1. The molecule has 6 heteroatoms. The average Bonchev–Trinajstić information content (AvgIpc) is 3.09. The summed E-state index contributed by atoms with van der Waals surface area (Å²) in [6.07, 6.45) is 4.56. The number of nitrogens with zero attached hydrogens (tertiary/aromatic N) is 3. The highest BCUT2D eigenvalue weighted by Crippen LogP contribution is 2.29. The predicted molar refractivity (Wildman–Crippen MR) is 91.9 cm³/mol. The van der Waals surface area contributed by atoms with Crippen molar-refractivity contribution in [3.63, 3.8) is 0 Å². The Balaban J connectivity index is 1.59. The lowest BCUT2D eigenvalue weighted by Gasteiger charge is -2.25. The van der Waals surface area contributed by atoms with Gasteiger partial charge in [-0.3, -0.25) is 4.79 Å². The smallest absolute Gasteiger partial charge is 0.290 e. The van der Waals surface area contributed by atoms with Crippen molar-refractivity contribution in [1.82, 2.24) is 20.4 Å². The zero-order chi connectivity index (χ0) is 17.2. The molecule has 1 atom stereocenters. The third kappa shape index (κ3) is 3.15. The number of aryl methyl sites for hydroxylation is 2. The van der Waals surface area contributed by atoms with E-state index in [1.165, 1.54) is 0 Å². The molecule has 1 amide bonds. The second-order valence-corrected chi connectivity index (χ2v) is 6.21. The van der Waals surface area contributed by atoms with Gasteiger partial charge in [0, 0.05) is 29.1 Å². The van der Waals surface area contributed by atoms with Crippen LogP contribution in [0, 0.1) is 6.92 Å². The molecule has 2 heterocycles. The predicted octanol–water partition coefficient (Wildman–Crippen LogP) is 3.25. The Hall–Kier alpha value is -3.02. The van der Waals surface area contributed by atoms with Gasteiger partial charge >= 0.3 is 0 Å². The van der Waals surface area contributed by atoms with Gasteiger partial charge < -0.3 is 9.84 Å². The van der Waals surface area contributed by atoms with Crippen molar-refractivity contribution in [3.8, 4) is 11.4 Å². The van der Waals surface area contributed by atoms with Crippen LogP contribution in [0.25, 0.3) is 11.4 Å². The fourth-order valence-electron chi connectivity index (χ4n) is 3.12. The largest absolute Gasteiger partial charge is 0.351 e. The number of hydrogen-bond donors (Lipinski definition) is 1. The zero-order valence-corrected chi connectivity index (χ0v) is 13.9. The number of amides is 1. The summed E-state index contributed by atoms with van der Waals surface area (Å²) < 4.78 is 5.04. The average molecular weight is 334 g/mol. The van der Waals surface area contributed by atoms with Gasteiger partial charge in [0.2, 0.25) is 5.76 Å². The minimum Gasteiger partial charge on any atom is -0.351 e. The molecular weight excluding hydrogens is 316 g/mol. The van der Waals surface area contributed by atoms with E-state index in [2.05, 4.69) is 15.5 Å². The summed E-state index contributed by atoms with van der Waals surface area (Å²) in [7, 11) is 0. The Morgan fingerprint density at radius 3 is 2.88 bits per heavy atom. The fourth-order valence-corrected chi connectivity index (χ4v) is 3.12. The summed E-state index contributed by atoms with van der Waals surface area (Å²) in [5.41, 5.74) is 3.66. The Bertz CT molecular complexity index is 905. The minimum absolute atomic E-state index is 0.105. The Morgan fingerprint density at radius 2 is 2.12 bits per heavy atom. The summed E-state index contributed by atoms with van der Waals surface area (Å²) in [5.74, 6) is 0.689. The second-order valence-electron chi connectivity index (χ2n) is 6.21. The van der Waals surface area contributed by atoms with Gasteiger partial charge in [0.05, 0.1) is 11.7 Å². The monoisotopic (exact) mass is 334 g/mol. The number of carbonyl (C=O) groups excluding carboxylic acids is 1. The van der Waals surface area contributed by atoms with E-state index < -0.39 is 0 Å². The van der Waals surface area contributed by atoms with Crippen LogP contribution < -0.4 is 5.32 Å². The second kappa shape index (κ2) is 6.47. The van der Waals surface area contributed by atoms with E-state index in [1.807, 2.05) is 36.5 Å². The first-order chi connectivity index (χ1) is 12.2. The third-order valence-electron chi connectivity index (χ3n) is 4.37. The van der Waals surface area contributed by atoms with Gasteiger partial charge in [-0.1, -0.05) is 35.5 Å². The van der Waals surface area contributed by atoms with Gasteiger partial charge in [-0.15, -0.1) is 0 Å². The molecule has 1 aromatic carbocycles. The van der Waals surface area contributed by atoms with E-state index in [4.69, 9.17) is 9.51 Å². The van der Waals surface area contributed by atoms with Crippen molar-refractivity contribution < 1.29 is 9.32 Å². The van der Waals surface area contributed by atoms with Crippen LogP contribution in [0.4, 0.5) is 0 Å². The standard InChI is InChI=1S/C19H18N4O2/c1-12-10-17(25-23-12)19(24)22-16-9-5-8-15-14(16)11-20-18(21-15)13-6-3-2-4-7-13/h2-4,6-7,10-11,16H,5,8-9H2,1H3,(H,22,24). The van der Waals surface area contributed by atoms with E-state index >= 15 is 0 Å². The number of hydrogen-bond acceptors (Lipinski definition) is 5. The molecule has 3 aromatic rings. The molecule has 25 heavy (non-hydrogen) atoms. The molecule has 0 saturated heterocycles. The summed E-state index contributed by atoms with van der Waals surface area (Å²) in [5, 5.41) is 6.77. The molecule has 0 bridgehead atoms. The maximum absolute atomic E-state index is 12.3. The first-order valence-corrected chi connectivity index (χ1v) is 8.36. The number of nitrogens with one attached hydrogen (secondary N) is 1. The first-order valence-electron chi connectivity index (χ1n) is 8.36. The lowest BCUT2D eigenvalue weighted by molar-refractivity contribution is 0.0895. The molecule has 1 aliphatic carbocycles. The number of aromatic nitrogens is 3. The van der Waals surface area contributed by atoms with Crippen LogP contribution in [0.1, 0.15) is 46.4 Å². The molecule has 1 N–H and O–H groups in total. The van der Waals surface area contributed by atoms with Crippen LogP contribution >= 0.6 is 0 Å². The molecule has 0 fully saturated rings. The summed E-state index contributed by atoms with van der Waals surface area (Å²) in [6, 6.07) is 11.4. The molecule has 0 radical (unpaired) electrons. The van der Waals surface area contributed by atoms with E-state index in [-0.39, 0.29) is 17.7 Å². The van der Waals surface area contributed by atoms with Crippen molar-refractivity contribution in [2.24, 2.45) is 0 Å². The topological polar surface area (TPSA) is 80.9 Å². The number of rotatable bonds is 3. The molecular formula is C19H18N4O2. The van der Waals surface area contributed by atoms with Crippen molar-refractivity contribution in [3.05, 3.63) is 65.3 Å². The molecule has 126 valence electrons.